The maximum atomic E-state index is 14.0. The van der Waals surface area contributed by atoms with Gasteiger partial charge in [0.25, 0.3) is 10.0 Å². The number of nitrogens with zero attached hydrogens (tertiary/aromatic N) is 7. The van der Waals surface area contributed by atoms with Gasteiger partial charge in [0.2, 0.25) is 5.03 Å². The van der Waals surface area contributed by atoms with Crippen molar-refractivity contribution in [1.82, 2.24) is 34.1 Å². The summed E-state index contributed by atoms with van der Waals surface area (Å²) in [5.74, 6) is -0.566. The highest BCUT2D eigenvalue weighted by Crippen LogP contribution is 2.47. The molecule has 1 fully saturated rings. The summed E-state index contributed by atoms with van der Waals surface area (Å²) in [7, 11) is -3.98. The minimum Gasteiger partial charge on any atom is -0.291 e. The SMILES string of the molecule is CCCn1cc(S(=O)(=O)N2CCC3=Cc4c(cnn4-c4ccc(F)cc4)C[C@]3(C(=O)c3cscn3)C2)nn1. The molecule has 0 bridgehead atoms. The third kappa shape index (κ3) is 4.01. The molecule has 0 spiro atoms. The first-order valence-corrected chi connectivity index (χ1v) is 14.6. The largest absolute Gasteiger partial charge is 0.291 e. The standard InChI is InChI=1S/C25H24FN7O3S2/c1-2-8-31-13-23(29-30-31)38(35,36)32-9-7-18-10-22-17(12-28-33(22)20-5-3-19(26)4-6-20)11-25(18,15-32)24(34)21-14-37-16-27-21/h3-6,10,12-14,16H,2,7-9,11,15H2,1H3/t25-/m0/s1. The number of benzene rings is 1. The van der Waals surface area contributed by atoms with Gasteiger partial charge in [-0.25, -0.2) is 22.5 Å². The predicted molar refractivity (Wildman–Crippen MR) is 138 cm³/mol. The van der Waals surface area contributed by atoms with Gasteiger partial charge in [0.15, 0.2) is 5.78 Å². The number of aryl methyl sites for hydroxylation is 1. The normalized spacial score (nSPS) is 19.6. The lowest BCUT2D eigenvalue weighted by Crippen LogP contribution is -2.53. The van der Waals surface area contributed by atoms with E-state index in [0.29, 0.717) is 24.3 Å². The number of hydrogen-bond acceptors (Lipinski definition) is 8. The Hall–Kier alpha value is -3.55. The first-order valence-electron chi connectivity index (χ1n) is 12.2. The van der Waals surface area contributed by atoms with Crippen LogP contribution in [0.3, 0.4) is 0 Å². The van der Waals surface area contributed by atoms with Crippen LogP contribution in [0.5, 0.6) is 0 Å². The van der Waals surface area contributed by atoms with Crippen molar-refractivity contribution in [2.24, 2.45) is 5.41 Å². The third-order valence-corrected chi connectivity index (χ3v) is 9.42. The predicted octanol–water partition coefficient (Wildman–Crippen LogP) is 3.37. The summed E-state index contributed by atoms with van der Waals surface area (Å²) in [5.41, 5.74) is 3.89. The minimum atomic E-state index is -3.98. The topological polar surface area (TPSA) is 116 Å². The van der Waals surface area contributed by atoms with Crippen molar-refractivity contribution < 1.29 is 17.6 Å². The lowest BCUT2D eigenvalue weighted by molar-refractivity contribution is 0.0770. The molecule has 6 rings (SSSR count). The molecule has 0 unspecified atom stereocenters. The second-order valence-electron chi connectivity index (χ2n) is 9.48. The lowest BCUT2D eigenvalue weighted by Gasteiger charge is -2.44. The first-order chi connectivity index (χ1) is 18.3. The van der Waals surface area contributed by atoms with Gasteiger partial charge < -0.3 is 0 Å². The van der Waals surface area contributed by atoms with Crippen LogP contribution in [0, 0.1) is 11.2 Å². The molecule has 196 valence electrons. The molecule has 0 radical (unpaired) electrons. The molecule has 1 aromatic carbocycles. The van der Waals surface area contributed by atoms with Crippen LogP contribution in [0.4, 0.5) is 4.39 Å². The van der Waals surface area contributed by atoms with Gasteiger partial charge >= 0.3 is 0 Å². The number of piperidine rings is 1. The maximum absolute atomic E-state index is 14.0. The van der Waals surface area contributed by atoms with Crippen molar-refractivity contribution in [2.75, 3.05) is 13.1 Å². The maximum Gasteiger partial charge on any atom is 0.264 e. The Labute approximate surface area is 222 Å². The van der Waals surface area contributed by atoms with E-state index in [4.69, 9.17) is 0 Å². The van der Waals surface area contributed by atoms with Crippen LogP contribution >= 0.6 is 11.3 Å². The van der Waals surface area contributed by atoms with Gasteiger partial charge in [0.1, 0.15) is 11.5 Å². The van der Waals surface area contributed by atoms with Crippen molar-refractivity contribution in [2.45, 2.75) is 37.8 Å². The number of carbonyl (C=O) groups is 1. The van der Waals surface area contributed by atoms with Crippen LogP contribution in [-0.2, 0) is 23.0 Å². The van der Waals surface area contributed by atoms with Crippen molar-refractivity contribution in [3.05, 3.63) is 75.9 Å². The Bertz CT molecular complexity index is 1640. The van der Waals surface area contributed by atoms with Crippen LogP contribution < -0.4 is 0 Å². The molecule has 2 aliphatic rings. The molecule has 4 heterocycles. The minimum absolute atomic E-state index is 0.0423. The van der Waals surface area contributed by atoms with E-state index in [1.165, 1.54) is 38.7 Å². The van der Waals surface area contributed by atoms with Crippen LogP contribution in [0.1, 0.15) is 41.5 Å². The molecular formula is C25H24FN7O3S2. The quantitative estimate of drug-likeness (QED) is 0.322. The van der Waals surface area contributed by atoms with Gasteiger partial charge in [-0.15, -0.1) is 16.4 Å². The Morgan fingerprint density at radius 1 is 1.24 bits per heavy atom. The fourth-order valence-corrected chi connectivity index (χ4v) is 7.16. The zero-order valence-corrected chi connectivity index (χ0v) is 22.1. The summed E-state index contributed by atoms with van der Waals surface area (Å²) in [4.78, 5) is 18.3. The monoisotopic (exact) mass is 553 g/mol. The molecule has 13 heteroatoms. The van der Waals surface area contributed by atoms with Gasteiger partial charge in [-0.2, -0.15) is 9.40 Å². The molecule has 38 heavy (non-hydrogen) atoms. The number of halogens is 1. The number of ketones is 1. The summed E-state index contributed by atoms with van der Waals surface area (Å²) in [6.45, 7) is 2.68. The average molecular weight is 554 g/mol. The average Bonchev–Trinajstić information content (AvgIpc) is 3.69. The summed E-state index contributed by atoms with van der Waals surface area (Å²) in [5, 5.41) is 13.9. The van der Waals surface area contributed by atoms with E-state index in [-0.39, 0.29) is 36.1 Å². The van der Waals surface area contributed by atoms with E-state index < -0.39 is 15.4 Å². The van der Waals surface area contributed by atoms with Gasteiger partial charge in [0.05, 0.1) is 34.7 Å². The van der Waals surface area contributed by atoms with E-state index >= 15 is 0 Å². The molecule has 3 aromatic heterocycles. The number of aromatic nitrogens is 6. The smallest absolute Gasteiger partial charge is 0.264 e. The molecule has 4 aromatic rings. The molecule has 1 atom stereocenters. The summed E-state index contributed by atoms with van der Waals surface area (Å²) in [6, 6.07) is 6.03. The van der Waals surface area contributed by atoms with Crippen LogP contribution in [0.15, 0.2) is 58.1 Å². The van der Waals surface area contributed by atoms with Crippen LogP contribution in [0.2, 0.25) is 0 Å². The first kappa shape index (κ1) is 24.8. The number of rotatable bonds is 7. The van der Waals surface area contributed by atoms with Crippen molar-refractivity contribution in [1.29, 1.82) is 0 Å². The molecule has 1 aliphatic heterocycles. The zero-order chi connectivity index (χ0) is 26.5. The molecule has 0 amide bonds. The second-order valence-corrected chi connectivity index (χ2v) is 12.1. The van der Waals surface area contributed by atoms with E-state index in [1.807, 2.05) is 13.0 Å². The number of Topliss-reactive ketones (excluding diaryl/α,β-unsaturated/α-hetero) is 1. The van der Waals surface area contributed by atoms with Gasteiger partial charge in [-0.05, 0) is 55.2 Å². The molecule has 0 N–H and O–H groups in total. The highest BCUT2D eigenvalue weighted by Gasteiger charge is 2.51. The van der Waals surface area contributed by atoms with Crippen molar-refractivity contribution >= 4 is 33.2 Å². The van der Waals surface area contributed by atoms with Gasteiger partial charge in [-0.3, -0.25) is 9.48 Å². The number of fused-ring (bicyclic) bond motifs is 2. The lowest BCUT2D eigenvalue weighted by atomic mass is 9.65. The number of thiazole rings is 1. The molecule has 1 aliphatic carbocycles. The van der Waals surface area contributed by atoms with Gasteiger partial charge in [-0.1, -0.05) is 17.7 Å². The van der Waals surface area contributed by atoms with Crippen LogP contribution in [0.25, 0.3) is 11.8 Å². The summed E-state index contributed by atoms with van der Waals surface area (Å²) in [6.07, 6.45) is 6.46. The van der Waals surface area contributed by atoms with E-state index in [1.54, 1.807) is 33.9 Å². The Kier molecular flexibility index (Phi) is 6.08. The van der Waals surface area contributed by atoms with Crippen molar-refractivity contribution in [3.63, 3.8) is 0 Å². The van der Waals surface area contributed by atoms with Gasteiger partial charge in [0, 0.05) is 25.0 Å². The number of carbonyl (C=O) groups excluding carboxylic acids is 1. The Morgan fingerprint density at radius 3 is 2.79 bits per heavy atom. The molecule has 1 saturated heterocycles. The van der Waals surface area contributed by atoms with E-state index in [2.05, 4.69) is 20.4 Å². The molecule has 10 nitrogen and oxygen atoms in total. The Balaban J connectivity index is 1.41. The van der Waals surface area contributed by atoms with E-state index in [0.717, 1.165) is 23.3 Å². The number of sulfonamides is 1. The van der Waals surface area contributed by atoms with E-state index in [9.17, 15) is 17.6 Å². The summed E-state index contributed by atoms with van der Waals surface area (Å²) < 4.78 is 45.3. The highest BCUT2D eigenvalue weighted by molar-refractivity contribution is 7.89. The highest BCUT2D eigenvalue weighted by atomic mass is 32.2. The van der Waals surface area contributed by atoms with Crippen LogP contribution in [-0.4, -0.2) is 61.4 Å². The zero-order valence-electron chi connectivity index (χ0n) is 20.5. The third-order valence-electron chi connectivity index (χ3n) is 7.13. The fourth-order valence-electron chi connectivity index (χ4n) is 5.25. The fraction of sp³-hybridized carbons (Fsp3) is 0.320. The molecular weight excluding hydrogens is 529 g/mol. The second kappa shape index (κ2) is 9.33. The number of hydrogen-bond donors (Lipinski definition) is 0. The summed E-state index contributed by atoms with van der Waals surface area (Å²) >= 11 is 1.32. The molecule has 0 saturated carbocycles. The van der Waals surface area contributed by atoms with Crippen molar-refractivity contribution in [3.8, 4) is 5.69 Å². The Morgan fingerprint density at radius 2 is 2.05 bits per heavy atom.